The normalized spacial score (nSPS) is 13.2. The predicted molar refractivity (Wildman–Crippen MR) is 140 cm³/mol. The predicted octanol–water partition coefficient (Wildman–Crippen LogP) is 4.53. The molecule has 1 aliphatic heterocycles. The molecule has 2 amide bonds. The van der Waals surface area contributed by atoms with E-state index in [1.165, 1.54) is 0 Å². The number of hydrogen-bond donors (Lipinski definition) is 3. The largest absolute Gasteiger partial charge is 0.493 e. The highest BCUT2D eigenvalue weighted by molar-refractivity contribution is 14.0. The van der Waals surface area contributed by atoms with Crippen molar-refractivity contribution in [2.45, 2.75) is 26.3 Å². The van der Waals surface area contributed by atoms with Crippen LogP contribution in [0, 0.1) is 0 Å². The van der Waals surface area contributed by atoms with Crippen molar-refractivity contribution >= 4 is 47.3 Å². The Morgan fingerprint density at radius 1 is 1.06 bits per heavy atom. The fourth-order valence-electron chi connectivity index (χ4n) is 3.41. The number of hydrogen-bond acceptors (Lipinski definition) is 4. The van der Waals surface area contributed by atoms with Gasteiger partial charge in [0.1, 0.15) is 0 Å². The number of nitrogens with one attached hydrogen (secondary N) is 3. The third kappa shape index (κ3) is 7.18. The number of amides is 2. The minimum Gasteiger partial charge on any atom is -0.493 e. The van der Waals surface area contributed by atoms with Crippen molar-refractivity contribution in [3.05, 3.63) is 48.0 Å². The molecule has 0 atom stereocenters. The number of methoxy groups -OCH3 is 1. The Bertz CT molecular complexity index is 916. The lowest BCUT2D eigenvalue weighted by atomic mass is 10.2. The fraction of sp³-hybridized carbons (Fsp3) is 0.391. The Morgan fingerprint density at radius 2 is 1.81 bits per heavy atom. The van der Waals surface area contributed by atoms with Crippen LogP contribution in [0.5, 0.6) is 11.5 Å². The Hall–Kier alpha value is -2.69. The summed E-state index contributed by atoms with van der Waals surface area (Å²) in [5.74, 6) is 1.98. The van der Waals surface area contributed by atoms with Crippen LogP contribution in [0.2, 0.25) is 0 Å². The van der Waals surface area contributed by atoms with Crippen LogP contribution in [0.1, 0.15) is 25.3 Å². The van der Waals surface area contributed by atoms with Gasteiger partial charge in [-0.05, 0) is 49.6 Å². The van der Waals surface area contributed by atoms with Gasteiger partial charge in [0.05, 0.1) is 13.7 Å². The molecule has 0 spiro atoms. The SMILES string of the molecule is CCOc1cc(NC(=NC)NCc2cccc(NC(=O)N3CCCC3)c2)ccc1OC.I. The molecule has 3 N–H and O–H groups in total. The third-order valence-corrected chi connectivity index (χ3v) is 4.98. The number of carbonyl (C=O) groups is 1. The van der Waals surface area contributed by atoms with Gasteiger partial charge in [0, 0.05) is 44.1 Å². The van der Waals surface area contributed by atoms with E-state index in [2.05, 4.69) is 20.9 Å². The molecule has 0 unspecified atom stereocenters. The molecule has 32 heavy (non-hydrogen) atoms. The number of guanidine groups is 1. The van der Waals surface area contributed by atoms with Crippen molar-refractivity contribution in [2.75, 3.05) is 44.5 Å². The summed E-state index contributed by atoms with van der Waals surface area (Å²) in [4.78, 5) is 18.4. The monoisotopic (exact) mass is 553 g/mol. The topological polar surface area (TPSA) is 87.2 Å². The first-order valence-electron chi connectivity index (χ1n) is 10.6. The van der Waals surface area contributed by atoms with E-state index in [1.807, 2.05) is 54.3 Å². The van der Waals surface area contributed by atoms with Gasteiger partial charge in [0.25, 0.3) is 0 Å². The van der Waals surface area contributed by atoms with Crippen LogP contribution in [0.25, 0.3) is 0 Å². The highest BCUT2D eigenvalue weighted by Crippen LogP contribution is 2.30. The minimum absolute atomic E-state index is 0. The van der Waals surface area contributed by atoms with Gasteiger partial charge in [0.2, 0.25) is 0 Å². The van der Waals surface area contributed by atoms with Gasteiger partial charge >= 0.3 is 6.03 Å². The molecule has 2 aromatic carbocycles. The van der Waals surface area contributed by atoms with Crippen LogP contribution in [0.15, 0.2) is 47.5 Å². The Kier molecular flexibility index (Phi) is 10.4. The molecule has 2 aromatic rings. The summed E-state index contributed by atoms with van der Waals surface area (Å²) < 4.78 is 11.0. The van der Waals surface area contributed by atoms with Crippen molar-refractivity contribution in [1.29, 1.82) is 0 Å². The van der Waals surface area contributed by atoms with E-state index in [0.29, 0.717) is 30.6 Å². The second kappa shape index (κ2) is 13.0. The zero-order valence-corrected chi connectivity index (χ0v) is 21.1. The molecule has 1 fully saturated rings. The second-order valence-corrected chi connectivity index (χ2v) is 7.17. The number of aliphatic imine (C=N–C) groups is 1. The molecule has 174 valence electrons. The van der Waals surface area contributed by atoms with Crippen molar-refractivity contribution in [3.63, 3.8) is 0 Å². The van der Waals surface area contributed by atoms with Gasteiger partial charge in [0.15, 0.2) is 17.5 Å². The molecule has 3 rings (SSSR count). The maximum atomic E-state index is 12.3. The molecule has 0 radical (unpaired) electrons. The zero-order valence-electron chi connectivity index (χ0n) is 18.8. The number of urea groups is 1. The Labute approximate surface area is 206 Å². The van der Waals surface area contributed by atoms with Gasteiger partial charge in [-0.25, -0.2) is 4.79 Å². The third-order valence-electron chi connectivity index (χ3n) is 4.98. The Morgan fingerprint density at radius 3 is 2.50 bits per heavy atom. The van der Waals surface area contributed by atoms with Crippen LogP contribution in [-0.4, -0.2) is 50.7 Å². The molecule has 1 saturated heterocycles. The zero-order chi connectivity index (χ0) is 22.1. The molecular weight excluding hydrogens is 521 g/mol. The first-order valence-corrected chi connectivity index (χ1v) is 10.6. The van der Waals surface area contributed by atoms with Gasteiger partial charge in [-0.3, -0.25) is 4.99 Å². The summed E-state index contributed by atoms with van der Waals surface area (Å²) >= 11 is 0. The van der Waals surface area contributed by atoms with Gasteiger partial charge in [-0.15, -0.1) is 24.0 Å². The van der Waals surface area contributed by atoms with E-state index in [1.54, 1.807) is 14.2 Å². The molecule has 0 aromatic heterocycles. The Balaban J connectivity index is 0.00000363. The molecule has 8 nitrogen and oxygen atoms in total. The maximum absolute atomic E-state index is 12.3. The molecule has 1 heterocycles. The lowest BCUT2D eigenvalue weighted by Gasteiger charge is -2.17. The minimum atomic E-state index is -0.0373. The summed E-state index contributed by atoms with van der Waals surface area (Å²) in [6.07, 6.45) is 2.15. The number of carbonyl (C=O) groups excluding carboxylic acids is 1. The number of anilines is 2. The van der Waals surface area contributed by atoms with E-state index in [9.17, 15) is 4.79 Å². The van der Waals surface area contributed by atoms with Crippen LogP contribution < -0.4 is 25.4 Å². The van der Waals surface area contributed by atoms with E-state index < -0.39 is 0 Å². The number of likely N-dealkylation sites (tertiary alicyclic amines) is 1. The van der Waals surface area contributed by atoms with Gasteiger partial charge < -0.3 is 30.3 Å². The number of benzene rings is 2. The molecule has 9 heteroatoms. The number of rotatable bonds is 7. The van der Waals surface area contributed by atoms with E-state index in [4.69, 9.17) is 9.47 Å². The van der Waals surface area contributed by atoms with Crippen LogP contribution in [0.3, 0.4) is 0 Å². The van der Waals surface area contributed by atoms with Crippen molar-refractivity contribution in [1.82, 2.24) is 10.2 Å². The van der Waals surface area contributed by atoms with Crippen molar-refractivity contribution in [3.8, 4) is 11.5 Å². The summed E-state index contributed by atoms with van der Waals surface area (Å²) in [6.45, 7) is 4.69. The quantitative estimate of drug-likeness (QED) is 0.267. The van der Waals surface area contributed by atoms with E-state index >= 15 is 0 Å². The summed E-state index contributed by atoms with van der Waals surface area (Å²) in [5.41, 5.74) is 2.66. The highest BCUT2D eigenvalue weighted by Gasteiger charge is 2.17. The van der Waals surface area contributed by atoms with E-state index in [-0.39, 0.29) is 30.0 Å². The summed E-state index contributed by atoms with van der Waals surface area (Å²) in [6, 6.07) is 13.4. The highest BCUT2D eigenvalue weighted by atomic mass is 127. The maximum Gasteiger partial charge on any atom is 0.321 e. The average molecular weight is 553 g/mol. The first-order chi connectivity index (χ1) is 15.1. The molecular formula is C23H32IN5O3. The van der Waals surface area contributed by atoms with Gasteiger partial charge in [-0.2, -0.15) is 0 Å². The molecule has 0 aliphatic carbocycles. The van der Waals surface area contributed by atoms with Crippen molar-refractivity contribution < 1.29 is 14.3 Å². The van der Waals surface area contributed by atoms with Crippen molar-refractivity contribution in [2.24, 2.45) is 4.99 Å². The molecule has 0 saturated carbocycles. The standard InChI is InChI=1S/C23H31N5O3.HI/c1-4-31-21-15-19(10-11-20(21)30-3)26-22(24-2)25-16-17-8-7-9-18(14-17)27-23(29)28-12-5-6-13-28;/h7-11,14-15H,4-6,12-13,16H2,1-3H3,(H,27,29)(H2,24,25,26);1H. The van der Waals surface area contributed by atoms with Crippen LogP contribution in [0.4, 0.5) is 16.2 Å². The lowest BCUT2D eigenvalue weighted by Crippen LogP contribution is -2.32. The smallest absolute Gasteiger partial charge is 0.321 e. The fourth-order valence-corrected chi connectivity index (χ4v) is 3.41. The number of halogens is 1. The summed E-state index contributed by atoms with van der Waals surface area (Å²) in [5, 5.41) is 9.54. The molecule has 1 aliphatic rings. The summed E-state index contributed by atoms with van der Waals surface area (Å²) in [7, 11) is 3.34. The first kappa shape index (κ1) is 25.6. The number of ether oxygens (including phenoxy) is 2. The number of nitrogens with zero attached hydrogens (tertiary/aromatic N) is 2. The lowest BCUT2D eigenvalue weighted by molar-refractivity contribution is 0.222. The average Bonchev–Trinajstić information content (AvgIpc) is 3.32. The van der Waals surface area contributed by atoms with E-state index in [0.717, 1.165) is 42.9 Å². The molecule has 0 bridgehead atoms. The van der Waals surface area contributed by atoms with Gasteiger partial charge in [-0.1, -0.05) is 12.1 Å². The van der Waals surface area contributed by atoms with Crippen LogP contribution in [-0.2, 0) is 6.54 Å². The second-order valence-electron chi connectivity index (χ2n) is 7.17. The van der Waals surface area contributed by atoms with Crippen LogP contribution >= 0.6 is 24.0 Å².